The van der Waals surface area contributed by atoms with E-state index in [1.807, 2.05) is 12.1 Å². The second-order valence-electron chi connectivity index (χ2n) is 4.06. The Balaban J connectivity index is 1.89. The molecule has 0 fully saturated rings. The number of rotatable bonds is 6. The molecule has 3 nitrogen and oxygen atoms in total. The summed E-state index contributed by atoms with van der Waals surface area (Å²) in [5.41, 5.74) is 7.76. The summed E-state index contributed by atoms with van der Waals surface area (Å²) in [4.78, 5) is 4.47. The van der Waals surface area contributed by atoms with Gasteiger partial charge in [0.25, 0.3) is 0 Å². The highest BCUT2D eigenvalue weighted by atomic mass is 32.1. The minimum absolute atomic E-state index is 0.534. The van der Waals surface area contributed by atoms with E-state index in [1.165, 1.54) is 5.56 Å². The summed E-state index contributed by atoms with van der Waals surface area (Å²) in [6.45, 7) is 3.32. The van der Waals surface area contributed by atoms with E-state index in [9.17, 15) is 0 Å². The first-order valence-electron chi connectivity index (χ1n) is 6.17. The molecule has 0 aliphatic carbocycles. The molecule has 4 heteroatoms. The van der Waals surface area contributed by atoms with Crippen molar-refractivity contribution in [3.8, 4) is 5.75 Å². The van der Waals surface area contributed by atoms with Gasteiger partial charge >= 0.3 is 0 Å². The largest absolute Gasteiger partial charge is 0.487 e. The first-order chi connectivity index (χ1) is 8.81. The van der Waals surface area contributed by atoms with E-state index in [1.54, 1.807) is 11.3 Å². The Bertz CT molecular complexity index is 479. The van der Waals surface area contributed by atoms with Crippen molar-refractivity contribution < 1.29 is 4.74 Å². The zero-order valence-corrected chi connectivity index (χ0v) is 11.4. The third-order valence-corrected chi connectivity index (χ3v) is 3.69. The number of thiazole rings is 1. The molecule has 96 valence electrons. The molecule has 2 rings (SSSR count). The Labute approximate surface area is 112 Å². The molecule has 0 atom stereocenters. The quantitative estimate of drug-likeness (QED) is 0.871. The molecular weight excluding hydrogens is 244 g/mol. The fraction of sp³-hybridized carbons (Fsp3) is 0.357. The van der Waals surface area contributed by atoms with Gasteiger partial charge in [-0.25, -0.2) is 4.98 Å². The standard InChI is InChI=1S/C14H18N2OS/c1-2-14-16-12(10-18-14)9-17-13-5-3-11(4-6-13)7-8-15/h3-6,10H,2,7-9,15H2,1H3. The van der Waals surface area contributed by atoms with Crippen LogP contribution in [0.3, 0.4) is 0 Å². The summed E-state index contributed by atoms with van der Waals surface area (Å²) in [6.07, 6.45) is 1.89. The highest BCUT2D eigenvalue weighted by Gasteiger charge is 2.01. The average Bonchev–Trinajstić information content (AvgIpc) is 2.86. The first kappa shape index (κ1) is 13.1. The fourth-order valence-electron chi connectivity index (χ4n) is 1.65. The maximum atomic E-state index is 5.70. The molecule has 2 N–H and O–H groups in total. The van der Waals surface area contributed by atoms with Crippen LogP contribution in [0.1, 0.15) is 23.2 Å². The average molecular weight is 262 g/mol. The van der Waals surface area contributed by atoms with E-state index in [4.69, 9.17) is 10.5 Å². The van der Waals surface area contributed by atoms with Gasteiger partial charge in [-0.05, 0) is 37.1 Å². The molecule has 1 heterocycles. The summed E-state index contributed by atoms with van der Waals surface area (Å²) >= 11 is 1.69. The molecule has 2 aromatic rings. The van der Waals surface area contributed by atoms with Crippen molar-refractivity contribution in [1.82, 2.24) is 4.98 Å². The number of nitrogens with two attached hydrogens (primary N) is 1. The van der Waals surface area contributed by atoms with Crippen LogP contribution in [0, 0.1) is 0 Å². The van der Waals surface area contributed by atoms with Crippen LogP contribution in [0.2, 0.25) is 0 Å². The third kappa shape index (κ3) is 3.55. The second kappa shape index (κ2) is 6.52. The lowest BCUT2D eigenvalue weighted by atomic mass is 10.1. The van der Waals surface area contributed by atoms with Crippen molar-refractivity contribution in [2.75, 3.05) is 6.54 Å². The van der Waals surface area contributed by atoms with Gasteiger partial charge in [-0.1, -0.05) is 19.1 Å². The summed E-state index contributed by atoms with van der Waals surface area (Å²) in [7, 11) is 0. The van der Waals surface area contributed by atoms with E-state index in [-0.39, 0.29) is 0 Å². The monoisotopic (exact) mass is 262 g/mol. The van der Waals surface area contributed by atoms with Gasteiger partial charge in [-0.2, -0.15) is 0 Å². The first-order valence-corrected chi connectivity index (χ1v) is 7.05. The van der Waals surface area contributed by atoms with Crippen LogP contribution in [0.15, 0.2) is 29.6 Å². The van der Waals surface area contributed by atoms with E-state index >= 15 is 0 Å². The number of nitrogens with zero attached hydrogens (tertiary/aromatic N) is 1. The van der Waals surface area contributed by atoms with Gasteiger partial charge in [0, 0.05) is 5.38 Å². The Kier molecular flexibility index (Phi) is 4.73. The lowest BCUT2D eigenvalue weighted by molar-refractivity contribution is 0.302. The Morgan fingerprint density at radius 2 is 2.06 bits per heavy atom. The van der Waals surface area contributed by atoms with Crippen molar-refractivity contribution in [1.29, 1.82) is 0 Å². The lowest BCUT2D eigenvalue weighted by Gasteiger charge is -2.05. The minimum Gasteiger partial charge on any atom is -0.487 e. The second-order valence-corrected chi connectivity index (χ2v) is 5.00. The van der Waals surface area contributed by atoms with Gasteiger partial charge in [0.1, 0.15) is 12.4 Å². The minimum atomic E-state index is 0.534. The van der Waals surface area contributed by atoms with E-state index in [2.05, 4.69) is 29.4 Å². The normalized spacial score (nSPS) is 10.6. The van der Waals surface area contributed by atoms with Gasteiger partial charge in [0.15, 0.2) is 0 Å². The highest BCUT2D eigenvalue weighted by Crippen LogP contribution is 2.16. The molecule has 1 aromatic carbocycles. The van der Waals surface area contributed by atoms with Gasteiger partial charge in [-0.15, -0.1) is 11.3 Å². The van der Waals surface area contributed by atoms with Crippen LogP contribution in [0.4, 0.5) is 0 Å². The summed E-state index contributed by atoms with van der Waals surface area (Å²) < 4.78 is 5.70. The number of hydrogen-bond donors (Lipinski definition) is 1. The molecule has 0 unspecified atom stereocenters. The molecule has 1 aromatic heterocycles. The van der Waals surface area contributed by atoms with E-state index < -0.39 is 0 Å². The molecule has 0 saturated heterocycles. The predicted octanol–water partition coefficient (Wildman–Crippen LogP) is 2.79. The molecule has 0 aliphatic rings. The van der Waals surface area contributed by atoms with Crippen molar-refractivity contribution >= 4 is 11.3 Å². The van der Waals surface area contributed by atoms with Crippen molar-refractivity contribution in [3.05, 3.63) is 45.9 Å². The van der Waals surface area contributed by atoms with Gasteiger partial charge < -0.3 is 10.5 Å². The maximum Gasteiger partial charge on any atom is 0.131 e. The number of aryl methyl sites for hydroxylation is 1. The van der Waals surface area contributed by atoms with Crippen LogP contribution >= 0.6 is 11.3 Å². The van der Waals surface area contributed by atoms with Crippen molar-refractivity contribution in [2.45, 2.75) is 26.4 Å². The maximum absolute atomic E-state index is 5.70. The van der Waals surface area contributed by atoms with Crippen LogP contribution in [0.5, 0.6) is 5.75 Å². The van der Waals surface area contributed by atoms with Crippen LogP contribution in [-0.4, -0.2) is 11.5 Å². The number of aromatic nitrogens is 1. The van der Waals surface area contributed by atoms with Crippen LogP contribution in [-0.2, 0) is 19.4 Å². The summed E-state index contributed by atoms with van der Waals surface area (Å²) in [6, 6.07) is 8.08. The molecule has 0 spiro atoms. The fourth-order valence-corrected chi connectivity index (χ4v) is 2.38. The van der Waals surface area contributed by atoms with Gasteiger partial charge in [0.05, 0.1) is 10.7 Å². The zero-order valence-electron chi connectivity index (χ0n) is 10.6. The summed E-state index contributed by atoms with van der Waals surface area (Å²) in [5.74, 6) is 0.877. The molecule has 18 heavy (non-hydrogen) atoms. The molecule has 0 radical (unpaired) electrons. The molecule has 0 amide bonds. The molecule has 0 bridgehead atoms. The predicted molar refractivity (Wildman–Crippen MR) is 75.0 cm³/mol. The molecular formula is C14H18N2OS. The number of benzene rings is 1. The Morgan fingerprint density at radius 3 is 2.67 bits per heavy atom. The molecule has 0 saturated carbocycles. The zero-order chi connectivity index (χ0) is 12.8. The van der Waals surface area contributed by atoms with Gasteiger partial charge in [-0.3, -0.25) is 0 Å². The number of hydrogen-bond acceptors (Lipinski definition) is 4. The van der Waals surface area contributed by atoms with Crippen LogP contribution in [0.25, 0.3) is 0 Å². The SMILES string of the molecule is CCc1nc(COc2ccc(CCN)cc2)cs1. The topological polar surface area (TPSA) is 48.1 Å². The van der Waals surface area contributed by atoms with E-state index in [0.717, 1.165) is 29.3 Å². The highest BCUT2D eigenvalue weighted by molar-refractivity contribution is 7.09. The van der Waals surface area contributed by atoms with E-state index in [0.29, 0.717) is 13.2 Å². The smallest absolute Gasteiger partial charge is 0.131 e. The third-order valence-electron chi connectivity index (χ3n) is 2.64. The molecule has 0 aliphatic heterocycles. The van der Waals surface area contributed by atoms with Crippen molar-refractivity contribution in [3.63, 3.8) is 0 Å². The number of ether oxygens (including phenoxy) is 1. The lowest BCUT2D eigenvalue weighted by Crippen LogP contribution is -2.02. The van der Waals surface area contributed by atoms with Crippen molar-refractivity contribution in [2.24, 2.45) is 5.73 Å². The van der Waals surface area contributed by atoms with Crippen LogP contribution < -0.4 is 10.5 Å². The summed E-state index contributed by atoms with van der Waals surface area (Å²) in [5, 5.41) is 3.22. The Hall–Kier alpha value is -1.39. The van der Waals surface area contributed by atoms with Gasteiger partial charge in [0.2, 0.25) is 0 Å². The Morgan fingerprint density at radius 1 is 1.28 bits per heavy atom.